The Morgan fingerprint density at radius 2 is 1.57 bits per heavy atom. The molecule has 0 amide bonds. The normalized spacial score (nSPS) is 13.7. The van der Waals surface area contributed by atoms with E-state index in [2.05, 4.69) is 16.4 Å². The molecule has 9 nitrogen and oxygen atoms in total. The Balaban J connectivity index is 1.14. The maximum absolute atomic E-state index is 13.4. The van der Waals surface area contributed by atoms with E-state index in [0.717, 1.165) is 27.6 Å². The van der Waals surface area contributed by atoms with E-state index in [-0.39, 0.29) is 18.0 Å². The molecule has 6 rings (SSSR count). The van der Waals surface area contributed by atoms with Crippen molar-refractivity contribution >= 4 is 20.8 Å². The monoisotopic (exact) mass is 556 g/mol. The van der Waals surface area contributed by atoms with Crippen molar-refractivity contribution in [2.45, 2.75) is 24.5 Å². The Hall–Kier alpha value is -4.41. The number of benzene rings is 4. The molecule has 1 aliphatic rings. The lowest BCUT2D eigenvalue weighted by atomic mass is 10.0. The van der Waals surface area contributed by atoms with Crippen LogP contribution in [0.5, 0.6) is 17.2 Å². The van der Waals surface area contributed by atoms with Crippen molar-refractivity contribution in [2.75, 3.05) is 20.8 Å². The fourth-order valence-corrected chi connectivity index (χ4v) is 6.31. The first-order chi connectivity index (χ1) is 19.4. The van der Waals surface area contributed by atoms with Gasteiger partial charge in [0.2, 0.25) is 10.0 Å². The smallest absolute Gasteiger partial charge is 0.243 e. The lowest BCUT2D eigenvalue weighted by Gasteiger charge is -2.29. The van der Waals surface area contributed by atoms with Crippen LogP contribution in [0.3, 0.4) is 0 Å². The highest BCUT2D eigenvalue weighted by Gasteiger charge is 2.29. The number of aromatic nitrogens is 3. The number of nitrogens with zero attached hydrogens (tertiary/aromatic N) is 4. The zero-order valence-electron chi connectivity index (χ0n) is 22.1. The van der Waals surface area contributed by atoms with E-state index in [1.54, 1.807) is 49.4 Å². The SMILES string of the molecule is COc1cc2c(cc1OC)CN(S(=O)(=O)c1ccc(-n3cc(COc4ccc5ccccc5c4)nn3)cc1)CC2. The van der Waals surface area contributed by atoms with Crippen molar-refractivity contribution in [3.63, 3.8) is 0 Å². The molecule has 0 atom stereocenters. The van der Waals surface area contributed by atoms with Gasteiger partial charge in [0.25, 0.3) is 0 Å². The highest BCUT2D eigenvalue weighted by molar-refractivity contribution is 7.89. The molecular weight excluding hydrogens is 528 g/mol. The minimum atomic E-state index is -3.69. The summed E-state index contributed by atoms with van der Waals surface area (Å²) in [7, 11) is -0.533. The zero-order valence-corrected chi connectivity index (χ0v) is 23.0. The van der Waals surface area contributed by atoms with Crippen molar-refractivity contribution < 1.29 is 22.6 Å². The first kappa shape index (κ1) is 25.8. The quantitative estimate of drug-likeness (QED) is 0.272. The molecule has 1 aliphatic heterocycles. The van der Waals surface area contributed by atoms with Gasteiger partial charge in [0.1, 0.15) is 18.1 Å². The van der Waals surface area contributed by atoms with Gasteiger partial charge in [-0.05, 0) is 76.9 Å². The molecule has 0 unspecified atom stereocenters. The standard InChI is InChI=1S/C30H28N4O5S/c1-37-29-16-23-13-14-33(18-24(23)17-30(29)38-2)40(35,36)28-11-8-26(9-12-28)34-19-25(31-32-34)20-39-27-10-7-21-5-3-4-6-22(21)15-27/h3-12,15-17,19H,13-14,18,20H2,1-2H3. The summed E-state index contributed by atoms with van der Waals surface area (Å²) < 4.78 is 46.7. The number of hydrogen-bond acceptors (Lipinski definition) is 7. The molecule has 0 bridgehead atoms. The van der Waals surface area contributed by atoms with Crippen LogP contribution in [-0.2, 0) is 29.6 Å². The second kappa shape index (κ2) is 10.6. The van der Waals surface area contributed by atoms with Crippen LogP contribution < -0.4 is 14.2 Å². The van der Waals surface area contributed by atoms with Gasteiger partial charge in [0, 0.05) is 13.1 Å². The van der Waals surface area contributed by atoms with Gasteiger partial charge >= 0.3 is 0 Å². The van der Waals surface area contributed by atoms with Crippen molar-refractivity contribution in [3.8, 4) is 22.9 Å². The summed E-state index contributed by atoms with van der Waals surface area (Å²) in [6, 6.07) is 24.5. The predicted octanol–water partition coefficient (Wildman–Crippen LogP) is 4.76. The molecule has 40 heavy (non-hydrogen) atoms. The Bertz CT molecular complexity index is 1780. The number of hydrogen-bond donors (Lipinski definition) is 0. The molecule has 0 saturated heterocycles. The second-order valence-electron chi connectivity index (χ2n) is 9.51. The molecule has 2 heterocycles. The summed E-state index contributed by atoms with van der Waals surface area (Å²) in [5.74, 6) is 1.98. The Kier molecular flexibility index (Phi) is 6.87. The van der Waals surface area contributed by atoms with Crippen LogP contribution in [0.15, 0.2) is 90.0 Å². The van der Waals surface area contributed by atoms with Gasteiger partial charge in [-0.2, -0.15) is 4.31 Å². The highest BCUT2D eigenvalue weighted by Crippen LogP contribution is 2.34. The third-order valence-corrected chi connectivity index (χ3v) is 8.93. The van der Waals surface area contributed by atoms with Crippen molar-refractivity contribution in [1.82, 2.24) is 19.3 Å². The van der Waals surface area contributed by atoms with E-state index >= 15 is 0 Å². The van der Waals surface area contributed by atoms with Crippen molar-refractivity contribution in [3.05, 3.63) is 102 Å². The molecule has 0 fully saturated rings. The molecule has 1 aromatic heterocycles. The van der Waals surface area contributed by atoms with E-state index in [0.29, 0.717) is 35.8 Å². The zero-order chi connectivity index (χ0) is 27.7. The summed E-state index contributed by atoms with van der Waals surface area (Å²) in [6.45, 7) is 0.914. The third-order valence-electron chi connectivity index (χ3n) is 7.07. The van der Waals surface area contributed by atoms with E-state index < -0.39 is 10.0 Å². The Morgan fingerprint density at radius 3 is 2.33 bits per heavy atom. The molecule has 5 aromatic rings. The average Bonchev–Trinajstić information content (AvgIpc) is 3.48. The minimum Gasteiger partial charge on any atom is -0.493 e. The van der Waals surface area contributed by atoms with Gasteiger partial charge in [0.05, 0.1) is 31.0 Å². The summed E-state index contributed by atoms with van der Waals surface area (Å²) in [4.78, 5) is 0.222. The molecule has 4 aromatic carbocycles. The van der Waals surface area contributed by atoms with Gasteiger partial charge in [-0.1, -0.05) is 35.5 Å². The summed E-state index contributed by atoms with van der Waals surface area (Å²) in [5, 5.41) is 10.6. The molecule has 204 valence electrons. The molecule has 10 heteroatoms. The number of ether oxygens (including phenoxy) is 3. The molecule has 0 aliphatic carbocycles. The van der Waals surface area contributed by atoms with Gasteiger partial charge < -0.3 is 14.2 Å². The number of rotatable bonds is 8. The predicted molar refractivity (Wildman–Crippen MR) is 150 cm³/mol. The van der Waals surface area contributed by atoms with Crippen LogP contribution >= 0.6 is 0 Å². The van der Waals surface area contributed by atoms with E-state index in [1.807, 2.05) is 48.5 Å². The van der Waals surface area contributed by atoms with Crippen molar-refractivity contribution in [2.24, 2.45) is 0 Å². The molecule has 0 spiro atoms. The molecule has 0 radical (unpaired) electrons. The van der Waals surface area contributed by atoms with Crippen LogP contribution in [0.2, 0.25) is 0 Å². The highest BCUT2D eigenvalue weighted by atomic mass is 32.2. The summed E-state index contributed by atoms with van der Waals surface area (Å²) >= 11 is 0. The van der Waals surface area contributed by atoms with Crippen LogP contribution in [0, 0.1) is 0 Å². The number of methoxy groups -OCH3 is 2. The Morgan fingerprint density at radius 1 is 0.850 bits per heavy atom. The van der Waals surface area contributed by atoms with Crippen LogP contribution in [0.1, 0.15) is 16.8 Å². The van der Waals surface area contributed by atoms with Crippen LogP contribution in [0.25, 0.3) is 16.5 Å². The third kappa shape index (κ3) is 4.99. The lowest BCUT2D eigenvalue weighted by molar-refractivity contribution is 0.301. The second-order valence-corrected chi connectivity index (χ2v) is 11.4. The topological polar surface area (TPSA) is 95.8 Å². The van der Waals surface area contributed by atoms with Gasteiger partial charge in [0.15, 0.2) is 11.5 Å². The van der Waals surface area contributed by atoms with E-state index in [9.17, 15) is 8.42 Å². The maximum atomic E-state index is 13.4. The van der Waals surface area contributed by atoms with Crippen LogP contribution in [-0.4, -0.2) is 48.5 Å². The summed E-state index contributed by atoms with van der Waals surface area (Å²) in [6.07, 6.45) is 2.36. The van der Waals surface area contributed by atoms with Gasteiger partial charge in [-0.3, -0.25) is 0 Å². The van der Waals surface area contributed by atoms with Crippen molar-refractivity contribution in [1.29, 1.82) is 0 Å². The maximum Gasteiger partial charge on any atom is 0.243 e. The lowest BCUT2D eigenvalue weighted by Crippen LogP contribution is -2.36. The number of sulfonamides is 1. The minimum absolute atomic E-state index is 0.222. The van der Waals surface area contributed by atoms with Gasteiger partial charge in [-0.15, -0.1) is 5.10 Å². The fraction of sp³-hybridized carbons (Fsp3) is 0.200. The first-order valence-electron chi connectivity index (χ1n) is 12.8. The molecular formula is C30H28N4O5S. The molecule has 0 N–H and O–H groups in total. The largest absolute Gasteiger partial charge is 0.493 e. The molecule has 0 saturated carbocycles. The van der Waals surface area contributed by atoms with E-state index in [1.165, 1.54) is 4.31 Å². The van der Waals surface area contributed by atoms with E-state index in [4.69, 9.17) is 14.2 Å². The van der Waals surface area contributed by atoms with Crippen LogP contribution in [0.4, 0.5) is 0 Å². The average molecular weight is 557 g/mol. The Labute approximate surface area is 232 Å². The number of fused-ring (bicyclic) bond motifs is 2. The first-order valence-corrected chi connectivity index (χ1v) is 14.3. The summed E-state index contributed by atoms with van der Waals surface area (Å²) in [5.41, 5.74) is 3.32. The van der Waals surface area contributed by atoms with Gasteiger partial charge in [-0.25, -0.2) is 13.1 Å². The fourth-order valence-electron chi connectivity index (χ4n) is 4.89.